The van der Waals surface area contributed by atoms with Crippen LogP contribution in [0.3, 0.4) is 0 Å². The van der Waals surface area contributed by atoms with Crippen molar-refractivity contribution in [3.63, 3.8) is 0 Å². The van der Waals surface area contributed by atoms with Gasteiger partial charge in [-0.05, 0) is 26.0 Å². The van der Waals surface area contributed by atoms with E-state index in [1.165, 1.54) is 4.90 Å². The minimum atomic E-state index is -0.935. The third kappa shape index (κ3) is 3.59. The fraction of sp³-hybridized carbons (Fsp3) is 0.500. The molecule has 3 N–H and O–H groups in total. The lowest BCUT2D eigenvalue weighted by atomic mass is 10.2. The molecule has 0 saturated heterocycles. The summed E-state index contributed by atoms with van der Waals surface area (Å²) in [5.41, 5.74) is 5.40. The molecule has 0 saturated carbocycles. The summed E-state index contributed by atoms with van der Waals surface area (Å²) in [6.45, 7) is 4.04. The Morgan fingerprint density at radius 1 is 1.44 bits per heavy atom. The molecule has 0 atom stereocenters. The number of furan rings is 1. The highest BCUT2D eigenvalue weighted by molar-refractivity contribution is 5.92. The summed E-state index contributed by atoms with van der Waals surface area (Å²) >= 11 is 0. The third-order valence-corrected chi connectivity index (χ3v) is 2.52. The molecule has 0 fully saturated rings. The first kappa shape index (κ1) is 14.2. The third-order valence-electron chi connectivity index (χ3n) is 2.52. The second-order valence-corrected chi connectivity index (χ2v) is 4.21. The molecule has 0 aliphatic carbocycles. The highest BCUT2D eigenvalue weighted by atomic mass is 16.4. The Bertz CT molecular complexity index is 425. The molecule has 6 nitrogen and oxygen atoms in total. The van der Waals surface area contributed by atoms with Gasteiger partial charge in [-0.3, -0.25) is 9.59 Å². The second-order valence-electron chi connectivity index (χ2n) is 4.21. The van der Waals surface area contributed by atoms with Crippen LogP contribution < -0.4 is 5.73 Å². The highest BCUT2D eigenvalue weighted by Crippen LogP contribution is 2.13. The summed E-state index contributed by atoms with van der Waals surface area (Å²) in [6.07, 6.45) is -0.0889. The highest BCUT2D eigenvalue weighted by Gasteiger charge is 2.22. The van der Waals surface area contributed by atoms with Gasteiger partial charge in [0.25, 0.3) is 5.91 Å². The van der Waals surface area contributed by atoms with E-state index in [1.807, 2.05) is 13.8 Å². The van der Waals surface area contributed by atoms with Gasteiger partial charge in [0.05, 0.1) is 13.0 Å². The van der Waals surface area contributed by atoms with Crippen LogP contribution in [-0.2, 0) is 11.3 Å². The second kappa shape index (κ2) is 6.20. The van der Waals surface area contributed by atoms with E-state index >= 15 is 0 Å². The maximum absolute atomic E-state index is 12.1. The molecule has 0 unspecified atom stereocenters. The van der Waals surface area contributed by atoms with E-state index in [1.54, 1.807) is 12.1 Å². The number of hydrogen-bond donors (Lipinski definition) is 2. The van der Waals surface area contributed by atoms with E-state index in [-0.39, 0.29) is 37.2 Å². The first-order valence-electron chi connectivity index (χ1n) is 5.77. The number of nitrogens with zero attached hydrogens (tertiary/aromatic N) is 1. The summed E-state index contributed by atoms with van der Waals surface area (Å²) in [6, 6.07) is 3.10. The van der Waals surface area contributed by atoms with Crippen LogP contribution in [0.2, 0.25) is 0 Å². The SMILES string of the molecule is CC(C)N(CCC(=O)O)C(=O)c1ccc(CN)o1. The van der Waals surface area contributed by atoms with Crippen molar-refractivity contribution < 1.29 is 19.1 Å². The minimum Gasteiger partial charge on any atom is -0.481 e. The maximum atomic E-state index is 12.1. The first-order valence-corrected chi connectivity index (χ1v) is 5.77. The topological polar surface area (TPSA) is 96.8 Å². The largest absolute Gasteiger partial charge is 0.481 e. The van der Waals surface area contributed by atoms with Crippen LogP contribution in [0.25, 0.3) is 0 Å². The van der Waals surface area contributed by atoms with Gasteiger partial charge in [-0.25, -0.2) is 0 Å². The number of carbonyl (C=O) groups excluding carboxylic acids is 1. The Labute approximate surface area is 105 Å². The molecule has 1 aromatic heterocycles. The lowest BCUT2D eigenvalue weighted by Gasteiger charge is -2.25. The van der Waals surface area contributed by atoms with Gasteiger partial charge in [-0.1, -0.05) is 0 Å². The van der Waals surface area contributed by atoms with Crippen LogP contribution in [0.5, 0.6) is 0 Å². The number of carbonyl (C=O) groups is 2. The van der Waals surface area contributed by atoms with Crippen molar-refractivity contribution in [3.8, 4) is 0 Å². The molecule has 1 rings (SSSR count). The lowest BCUT2D eigenvalue weighted by Crippen LogP contribution is -2.38. The molecule has 0 bridgehead atoms. The molecule has 0 aliphatic rings. The van der Waals surface area contributed by atoms with E-state index < -0.39 is 5.97 Å². The molecule has 0 aromatic carbocycles. The van der Waals surface area contributed by atoms with Gasteiger partial charge in [-0.15, -0.1) is 0 Å². The molecule has 1 aromatic rings. The van der Waals surface area contributed by atoms with Crippen molar-refractivity contribution in [3.05, 3.63) is 23.7 Å². The fourth-order valence-corrected chi connectivity index (χ4v) is 1.55. The summed E-state index contributed by atoms with van der Waals surface area (Å²) < 4.78 is 5.27. The summed E-state index contributed by atoms with van der Waals surface area (Å²) in [7, 11) is 0. The molecule has 0 radical (unpaired) electrons. The first-order chi connectivity index (χ1) is 8.45. The predicted molar refractivity (Wildman–Crippen MR) is 65.0 cm³/mol. The Morgan fingerprint density at radius 2 is 2.11 bits per heavy atom. The van der Waals surface area contributed by atoms with E-state index in [9.17, 15) is 9.59 Å². The minimum absolute atomic E-state index is 0.0889. The van der Waals surface area contributed by atoms with Crippen LogP contribution >= 0.6 is 0 Å². The van der Waals surface area contributed by atoms with Gasteiger partial charge < -0.3 is 20.2 Å². The molecule has 0 aliphatic heterocycles. The lowest BCUT2D eigenvalue weighted by molar-refractivity contribution is -0.137. The van der Waals surface area contributed by atoms with E-state index in [0.29, 0.717) is 5.76 Å². The zero-order valence-corrected chi connectivity index (χ0v) is 10.5. The Kier molecular flexibility index (Phi) is 4.91. The van der Waals surface area contributed by atoms with Crippen LogP contribution in [0.15, 0.2) is 16.5 Å². The molecular weight excluding hydrogens is 236 g/mol. The Hall–Kier alpha value is -1.82. The van der Waals surface area contributed by atoms with E-state index in [4.69, 9.17) is 15.3 Å². The van der Waals surface area contributed by atoms with Crippen molar-refractivity contribution in [1.82, 2.24) is 4.90 Å². The van der Waals surface area contributed by atoms with Crippen molar-refractivity contribution in [1.29, 1.82) is 0 Å². The van der Waals surface area contributed by atoms with Crippen LogP contribution in [-0.4, -0.2) is 34.5 Å². The van der Waals surface area contributed by atoms with Gasteiger partial charge in [0, 0.05) is 12.6 Å². The van der Waals surface area contributed by atoms with Crippen LogP contribution in [0, 0.1) is 0 Å². The average Bonchev–Trinajstić information content (AvgIpc) is 2.76. The molecule has 1 heterocycles. The zero-order chi connectivity index (χ0) is 13.7. The van der Waals surface area contributed by atoms with Crippen molar-refractivity contribution in [2.45, 2.75) is 32.9 Å². The molecular formula is C12H18N2O4. The number of nitrogens with two attached hydrogens (primary N) is 1. The molecule has 18 heavy (non-hydrogen) atoms. The molecule has 6 heteroatoms. The fourth-order valence-electron chi connectivity index (χ4n) is 1.55. The van der Waals surface area contributed by atoms with Gasteiger partial charge in [0.2, 0.25) is 0 Å². The average molecular weight is 254 g/mol. The quantitative estimate of drug-likeness (QED) is 0.791. The predicted octanol–water partition coefficient (Wildman–Crippen LogP) is 1.06. The summed E-state index contributed by atoms with van der Waals surface area (Å²) in [4.78, 5) is 24.2. The van der Waals surface area contributed by atoms with Gasteiger partial charge in [0.1, 0.15) is 5.76 Å². The molecule has 0 spiro atoms. The van der Waals surface area contributed by atoms with Crippen molar-refractivity contribution in [2.75, 3.05) is 6.54 Å². The number of amides is 1. The molecule has 1 amide bonds. The van der Waals surface area contributed by atoms with Crippen molar-refractivity contribution >= 4 is 11.9 Å². The summed E-state index contributed by atoms with van der Waals surface area (Å²) in [5, 5.41) is 8.66. The van der Waals surface area contributed by atoms with Gasteiger partial charge in [0.15, 0.2) is 5.76 Å². The number of rotatable bonds is 6. The standard InChI is InChI=1S/C12H18N2O4/c1-8(2)14(6-5-11(15)16)12(17)10-4-3-9(7-13)18-10/h3-4,8H,5-7,13H2,1-2H3,(H,15,16). The number of carboxylic acid groups (broad SMARTS) is 1. The van der Waals surface area contributed by atoms with Crippen molar-refractivity contribution in [2.24, 2.45) is 5.73 Å². The number of carboxylic acids is 1. The zero-order valence-electron chi connectivity index (χ0n) is 10.5. The van der Waals surface area contributed by atoms with E-state index in [2.05, 4.69) is 0 Å². The Balaban J connectivity index is 2.78. The van der Waals surface area contributed by atoms with Gasteiger partial charge >= 0.3 is 5.97 Å². The molecule has 100 valence electrons. The maximum Gasteiger partial charge on any atom is 0.305 e. The summed E-state index contributed by atoms with van der Waals surface area (Å²) in [5.74, 6) is -0.531. The smallest absolute Gasteiger partial charge is 0.305 e. The van der Waals surface area contributed by atoms with Crippen LogP contribution in [0.1, 0.15) is 36.6 Å². The normalized spacial score (nSPS) is 10.7. The number of aliphatic carboxylic acids is 1. The Morgan fingerprint density at radius 3 is 2.56 bits per heavy atom. The monoisotopic (exact) mass is 254 g/mol. The number of hydrogen-bond acceptors (Lipinski definition) is 4. The van der Waals surface area contributed by atoms with Gasteiger partial charge in [-0.2, -0.15) is 0 Å². The van der Waals surface area contributed by atoms with Crippen LogP contribution in [0.4, 0.5) is 0 Å². The van der Waals surface area contributed by atoms with E-state index in [0.717, 1.165) is 0 Å².